The number of fused-ring (bicyclic) bond motifs is 1. The van der Waals surface area contributed by atoms with Crippen LogP contribution in [-0.2, 0) is 14.8 Å². The van der Waals surface area contributed by atoms with Crippen molar-refractivity contribution in [3.63, 3.8) is 0 Å². The second kappa shape index (κ2) is 10.1. The fraction of sp³-hybridized carbons (Fsp3) is 0.154. The summed E-state index contributed by atoms with van der Waals surface area (Å²) in [5.74, 6) is -0.540. The number of hydrogen-bond donors (Lipinski definition) is 1. The average Bonchev–Trinajstić information content (AvgIpc) is 3.10. The van der Waals surface area contributed by atoms with E-state index in [0.717, 1.165) is 48.4 Å². The van der Waals surface area contributed by atoms with Gasteiger partial charge in [-0.25, -0.2) is 13.8 Å². The minimum Gasteiger partial charge on any atom is -0.318 e. The smallest absolute Gasteiger partial charge is 0.260 e. The van der Waals surface area contributed by atoms with Crippen LogP contribution >= 0.6 is 15.9 Å². The molecule has 1 amide bonds. The monoisotopic (exact) mass is 552 g/mol. The van der Waals surface area contributed by atoms with Gasteiger partial charge in [0.05, 0.1) is 18.2 Å². The minimum absolute atomic E-state index is 0.387. The summed E-state index contributed by atoms with van der Waals surface area (Å²) in [4.78, 5) is 12.7. The Morgan fingerprint density at radius 2 is 1.74 bits per heavy atom. The number of nitrogens with one attached hydrogen (secondary N) is 1. The number of hydrogen-bond acceptors (Lipinski definition) is 4. The summed E-state index contributed by atoms with van der Waals surface area (Å²) < 4.78 is 29.3. The first kappa shape index (κ1) is 24.7. The predicted molar refractivity (Wildman–Crippen MR) is 145 cm³/mol. The standard InChI is InChI=1S/C26H25BrN4O3S/c1-18-15-21(19(2)31(18)23-13-11-22(27)12-14-23)16-28-29-26(32)17-30(35(3,33)34)25-10-6-8-20-7-4-5-9-24(20)25/h4-16H,17H2,1-3H3,(H,29,32)/b28-16-. The second-order valence-corrected chi connectivity index (χ2v) is 11.0. The molecule has 0 unspecified atom stereocenters. The molecule has 0 radical (unpaired) electrons. The Kier molecular flexibility index (Phi) is 7.09. The van der Waals surface area contributed by atoms with E-state index in [1.54, 1.807) is 18.3 Å². The van der Waals surface area contributed by atoms with Crippen molar-refractivity contribution in [3.8, 4) is 5.69 Å². The number of hydrazone groups is 1. The Bertz CT molecular complexity index is 1520. The molecule has 0 aliphatic carbocycles. The number of rotatable bonds is 7. The van der Waals surface area contributed by atoms with E-state index < -0.39 is 15.9 Å². The number of halogens is 1. The van der Waals surface area contributed by atoms with Gasteiger partial charge in [0.25, 0.3) is 5.91 Å². The van der Waals surface area contributed by atoms with Gasteiger partial charge in [0.15, 0.2) is 0 Å². The maximum absolute atomic E-state index is 12.7. The summed E-state index contributed by atoms with van der Waals surface area (Å²) in [5, 5.41) is 5.72. The van der Waals surface area contributed by atoms with Crippen LogP contribution in [0.15, 0.2) is 82.4 Å². The number of carbonyl (C=O) groups is 1. The number of aryl methyl sites for hydroxylation is 1. The van der Waals surface area contributed by atoms with Gasteiger partial charge in [-0.05, 0) is 55.6 Å². The van der Waals surface area contributed by atoms with Crippen molar-refractivity contribution in [2.75, 3.05) is 17.1 Å². The minimum atomic E-state index is -3.71. The van der Waals surface area contributed by atoms with Crippen LogP contribution in [-0.4, -0.2) is 37.9 Å². The summed E-state index contributed by atoms with van der Waals surface area (Å²) in [5.41, 5.74) is 6.77. The van der Waals surface area contributed by atoms with Crippen molar-refractivity contribution in [1.29, 1.82) is 0 Å². The molecule has 180 valence electrons. The molecule has 0 aliphatic rings. The number of sulfonamides is 1. The van der Waals surface area contributed by atoms with Crippen molar-refractivity contribution in [1.82, 2.24) is 9.99 Å². The highest BCUT2D eigenvalue weighted by Crippen LogP contribution is 2.28. The number of amides is 1. The lowest BCUT2D eigenvalue weighted by Crippen LogP contribution is -2.39. The molecular weight excluding hydrogens is 528 g/mol. The van der Waals surface area contributed by atoms with E-state index >= 15 is 0 Å². The van der Waals surface area contributed by atoms with Gasteiger partial charge in [-0.2, -0.15) is 5.10 Å². The maximum atomic E-state index is 12.7. The molecule has 0 saturated heterocycles. The summed E-state index contributed by atoms with van der Waals surface area (Å²) in [7, 11) is -3.71. The van der Waals surface area contributed by atoms with Crippen LogP contribution in [0.2, 0.25) is 0 Å². The fourth-order valence-corrected chi connectivity index (χ4v) is 5.18. The molecule has 1 N–H and O–H groups in total. The Balaban J connectivity index is 1.52. The molecule has 0 fully saturated rings. The summed E-state index contributed by atoms with van der Waals surface area (Å²) in [6, 6.07) is 22.8. The Labute approximate surface area is 213 Å². The van der Waals surface area contributed by atoms with E-state index in [9.17, 15) is 13.2 Å². The first-order chi connectivity index (χ1) is 16.6. The van der Waals surface area contributed by atoms with Crippen LogP contribution in [0.3, 0.4) is 0 Å². The van der Waals surface area contributed by atoms with E-state index in [1.165, 1.54) is 0 Å². The van der Waals surface area contributed by atoms with E-state index in [1.807, 2.05) is 74.5 Å². The highest BCUT2D eigenvalue weighted by Gasteiger charge is 2.22. The first-order valence-electron chi connectivity index (χ1n) is 10.9. The zero-order chi connectivity index (χ0) is 25.2. The topological polar surface area (TPSA) is 83.8 Å². The van der Waals surface area contributed by atoms with Gasteiger partial charge < -0.3 is 4.57 Å². The zero-order valence-corrected chi connectivity index (χ0v) is 22.0. The molecule has 0 atom stereocenters. The quantitative estimate of drug-likeness (QED) is 0.260. The third-order valence-electron chi connectivity index (χ3n) is 5.67. The maximum Gasteiger partial charge on any atom is 0.260 e. The molecule has 35 heavy (non-hydrogen) atoms. The third-order valence-corrected chi connectivity index (χ3v) is 7.33. The van der Waals surface area contributed by atoms with Crippen molar-refractivity contribution in [3.05, 3.63) is 94.2 Å². The summed E-state index contributed by atoms with van der Waals surface area (Å²) in [6.45, 7) is 3.59. The van der Waals surface area contributed by atoms with Crippen molar-refractivity contribution in [2.24, 2.45) is 5.10 Å². The molecule has 0 aliphatic heterocycles. The average molecular weight is 553 g/mol. The molecule has 4 aromatic rings. The van der Waals surface area contributed by atoms with Crippen LogP contribution in [0.25, 0.3) is 16.5 Å². The fourth-order valence-electron chi connectivity index (χ4n) is 4.05. The predicted octanol–water partition coefficient (Wildman–Crippen LogP) is 4.93. The number of anilines is 1. The molecular formula is C26H25BrN4O3S. The Morgan fingerprint density at radius 1 is 1.06 bits per heavy atom. The summed E-state index contributed by atoms with van der Waals surface area (Å²) in [6.07, 6.45) is 2.65. The molecule has 3 aromatic carbocycles. The number of benzene rings is 3. The summed E-state index contributed by atoms with van der Waals surface area (Å²) >= 11 is 3.45. The van der Waals surface area contributed by atoms with E-state index in [0.29, 0.717) is 5.69 Å². The molecule has 0 spiro atoms. The normalized spacial score (nSPS) is 11.8. The van der Waals surface area contributed by atoms with Gasteiger partial charge in [0.1, 0.15) is 6.54 Å². The van der Waals surface area contributed by atoms with E-state index in [4.69, 9.17) is 0 Å². The molecule has 0 bridgehead atoms. The number of carbonyl (C=O) groups excluding carboxylic acids is 1. The SMILES string of the molecule is Cc1cc(/C=N\NC(=O)CN(c2cccc3ccccc23)S(C)(=O)=O)c(C)n1-c1ccc(Br)cc1. The largest absolute Gasteiger partial charge is 0.318 e. The van der Waals surface area contributed by atoms with Gasteiger partial charge in [0.2, 0.25) is 10.0 Å². The first-order valence-corrected chi connectivity index (χ1v) is 13.5. The molecule has 4 rings (SSSR count). The van der Waals surface area contributed by atoms with E-state index in [2.05, 4.69) is 31.0 Å². The van der Waals surface area contributed by atoms with Crippen LogP contribution in [0.5, 0.6) is 0 Å². The highest BCUT2D eigenvalue weighted by atomic mass is 79.9. The van der Waals surface area contributed by atoms with E-state index in [-0.39, 0.29) is 6.54 Å². The van der Waals surface area contributed by atoms with Crippen LogP contribution in [0, 0.1) is 13.8 Å². The van der Waals surface area contributed by atoms with Gasteiger partial charge >= 0.3 is 0 Å². The zero-order valence-electron chi connectivity index (χ0n) is 19.6. The number of nitrogens with zero attached hydrogens (tertiary/aromatic N) is 3. The molecule has 9 heteroatoms. The van der Waals surface area contributed by atoms with Gasteiger partial charge in [-0.1, -0.05) is 52.3 Å². The lowest BCUT2D eigenvalue weighted by Gasteiger charge is -2.23. The lowest BCUT2D eigenvalue weighted by molar-refractivity contribution is -0.119. The Hall–Kier alpha value is -3.43. The highest BCUT2D eigenvalue weighted by molar-refractivity contribution is 9.10. The molecule has 7 nitrogen and oxygen atoms in total. The second-order valence-electron chi connectivity index (χ2n) is 8.20. The number of aromatic nitrogens is 1. The third kappa shape index (κ3) is 5.47. The molecule has 0 saturated carbocycles. The van der Waals surface area contributed by atoms with Gasteiger partial charge in [0, 0.05) is 32.5 Å². The van der Waals surface area contributed by atoms with Crippen molar-refractivity contribution < 1.29 is 13.2 Å². The van der Waals surface area contributed by atoms with Crippen molar-refractivity contribution in [2.45, 2.75) is 13.8 Å². The molecule has 1 aromatic heterocycles. The Morgan fingerprint density at radius 3 is 2.46 bits per heavy atom. The van der Waals surface area contributed by atoms with Crippen LogP contribution in [0.4, 0.5) is 5.69 Å². The lowest BCUT2D eigenvalue weighted by atomic mass is 10.1. The van der Waals surface area contributed by atoms with Crippen LogP contribution < -0.4 is 9.73 Å². The molecule has 1 heterocycles. The van der Waals surface area contributed by atoms with Gasteiger partial charge in [-0.3, -0.25) is 9.10 Å². The van der Waals surface area contributed by atoms with Crippen LogP contribution in [0.1, 0.15) is 17.0 Å². The van der Waals surface area contributed by atoms with Gasteiger partial charge in [-0.15, -0.1) is 0 Å². The van der Waals surface area contributed by atoms with Crippen molar-refractivity contribution >= 4 is 54.5 Å².